The summed E-state index contributed by atoms with van der Waals surface area (Å²) in [6.07, 6.45) is 2.17. The first-order valence-corrected chi connectivity index (χ1v) is 10.7. The Morgan fingerprint density at radius 2 is 1.63 bits per heavy atom. The fraction of sp³-hybridized carbons (Fsp3) is 0.143. The van der Waals surface area contributed by atoms with Crippen molar-refractivity contribution in [3.05, 3.63) is 95.8 Å². The zero-order valence-electron chi connectivity index (χ0n) is 19.0. The Labute approximate surface area is 200 Å². The number of halogens is 3. The molecule has 0 saturated carbocycles. The molecule has 0 bridgehead atoms. The van der Waals surface area contributed by atoms with Crippen LogP contribution >= 0.6 is 0 Å². The predicted octanol–water partition coefficient (Wildman–Crippen LogP) is 6.27. The second kappa shape index (κ2) is 8.90. The second-order valence-electron chi connectivity index (χ2n) is 8.53. The predicted molar refractivity (Wildman–Crippen MR) is 128 cm³/mol. The third kappa shape index (κ3) is 4.88. The van der Waals surface area contributed by atoms with Crippen LogP contribution in [-0.4, -0.2) is 20.4 Å². The number of aromatic nitrogens is 2. The van der Waals surface area contributed by atoms with Crippen molar-refractivity contribution in [2.24, 2.45) is 0 Å². The first kappa shape index (κ1) is 24.0. The number of ketones is 1. The maximum Gasteiger partial charge on any atom is 0.417 e. The quantitative estimate of drug-likeness (QED) is 0.211. The first-order valence-electron chi connectivity index (χ1n) is 10.7. The largest absolute Gasteiger partial charge is 0.417 e. The van der Waals surface area contributed by atoms with E-state index >= 15 is 0 Å². The van der Waals surface area contributed by atoms with E-state index in [1.165, 1.54) is 42.8 Å². The Morgan fingerprint density at radius 3 is 2.29 bits per heavy atom. The number of nitrogens with zero attached hydrogens (tertiary/aromatic N) is 2. The monoisotopic (exact) mass is 474 g/mol. The molecule has 0 radical (unpaired) electrons. The third-order valence-corrected chi connectivity index (χ3v) is 5.52. The number of benzene rings is 3. The molecule has 7 heteroatoms. The molecule has 4 nitrogen and oxygen atoms in total. The van der Waals surface area contributed by atoms with E-state index in [1.807, 2.05) is 12.1 Å². The number of carbonyl (C=O) groups is 1. The lowest BCUT2D eigenvalue weighted by molar-refractivity contribution is -0.137. The second-order valence-corrected chi connectivity index (χ2v) is 8.53. The van der Waals surface area contributed by atoms with Crippen LogP contribution in [0, 0.1) is 12.3 Å². The molecule has 0 atom stereocenters. The molecule has 4 aromatic rings. The molecule has 35 heavy (non-hydrogen) atoms. The van der Waals surface area contributed by atoms with E-state index in [2.05, 4.69) is 10.9 Å². The lowest BCUT2D eigenvalue weighted by atomic mass is 10.0. The van der Waals surface area contributed by atoms with Crippen LogP contribution in [0.4, 0.5) is 13.2 Å². The van der Waals surface area contributed by atoms with Crippen LogP contribution in [0.1, 0.15) is 35.5 Å². The van der Waals surface area contributed by atoms with Gasteiger partial charge in [0, 0.05) is 23.0 Å². The van der Waals surface area contributed by atoms with Crippen LogP contribution in [0.5, 0.6) is 0 Å². The summed E-state index contributed by atoms with van der Waals surface area (Å²) in [6.45, 7) is 3.03. The maximum atomic E-state index is 13.8. The van der Waals surface area contributed by atoms with Crippen molar-refractivity contribution >= 4 is 5.78 Å². The minimum absolute atomic E-state index is 0.0449. The number of hydrogen-bond acceptors (Lipinski definition) is 3. The number of imidazole rings is 1. The average Bonchev–Trinajstić information content (AvgIpc) is 3.29. The van der Waals surface area contributed by atoms with E-state index in [9.17, 15) is 23.1 Å². The van der Waals surface area contributed by atoms with E-state index in [0.717, 1.165) is 11.6 Å². The van der Waals surface area contributed by atoms with Gasteiger partial charge in [-0.1, -0.05) is 48.5 Å². The fourth-order valence-corrected chi connectivity index (χ4v) is 3.75. The van der Waals surface area contributed by atoms with Crippen LogP contribution < -0.4 is 0 Å². The first-order chi connectivity index (χ1) is 16.5. The molecule has 1 heterocycles. The SMILES string of the molecule is C#CC(=O)c1cccc(-c2cccc(-n3cc(C(C)(C)O)nc3-c3ccccc3C(F)(F)F)c2)c1. The summed E-state index contributed by atoms with van der Waals surface area (Å²) in [5, 5.41) is 10.5. The number of aliphatic hydroxyl groups is 1. The summed E-state index contributed by atoms with van der Waals surface area (Å²) in [7, 11) is 0. The van der Waals surface area contributed by atoms with Gasteiger partial charge in [-0.15, -0.1) is 6.42 Å². The summed E-state index contributed by atoms with van der Waals surface area (Å²) in [5.41, 5.74) is 0.239. The molecule has 0 aliphatic rings. The van der Waals surface area contributed by atoms with Gasteiger partial charge in [0.25, 0.3) is 0 Å². The van der Waals surface area contributed by atoms with Gasteiger partial charge in [0.1, 0.15) is 11.4 Å². The molecular weight excluding hydrogens is 453 g/mol. The van der Waals surface area contributed by atoms with Gasteiger partial charge in [0.2, 0.25) is 5.78 Å². The molecule has 3 aromatic carbocycles. The van der Waals surface area contributed by atoms with Crippen molar-refractivity contribution in [2.75, 3.05) is 0 Å². The molecule has 0 unspecified atom stereocenters. The molecule has 0 fully saturated rings. The molecule has 0 aliphatic heterocycles. The van der Waals surface area contributed by atoms with Gasteiger partial charge in [0.15, 0.2) is 0 Å². The van der Waals surface area contributed by atoms with E-state index in [-0.39, 0.29) is 17.1 Å². The molecule has 0 aliphatic carbocycles. The van der Waals surface area contributed by atoms with Crippen molar-refractivity contribution in [1.29, 1.82) is 0 Å². The third-order valence-electron chi connectivity index (χ3n) is 5.52. The highest BCUT2D eigenvalue weighted by atomic mass is 19.4. The number of alkyl halides is 3. The average molecular weight is 474 g/mol. The molecule has 4 rings (SSSR count). The summed E-state index contributed by atoms with van der Waals surface area (Å²) in [6, 6.07) is 19.1. The molecule has 1 aromatic heterocycles. The van der Waals surface area contributed by atoms with Gasteiger partial charge in [-0.3, -0.25) is 9.36 Å². The molecule has 176 valence electrons. The molecule has 1 N–H and O–H groups in total. The number of carbonyl (C=O) groups excluding carboxylic acids is 1. The van der Waals surface area contributed by atoms with Gasteiger partial charge >= 0.3 is 6.18 Å². The number of Topliss-reactive ketones (excluding diaryl/α,β-unsaturated/α-hetero) is 1. The molecular formula is C28H21F3N2O2. The van der Waals surface area contributed by atoms with Crippen molar-refractivity contribution in [3.8, 4) is 40.5 Å². The fourth-order valence-electron chi connectivity index (χ4n) is 3.75. The van der Waals surface area contributed by atoms with Crippen molar-refractivity contribution in [1.82, 2.24) is 9.55 Å². The number of hydrogen-bond donors (Lipinski definition) is 1. The summed E-state index contributed by atoms with van der Waals surface area (Å²) in [5.74, 6) is 1.69. The normalized spacial score (nSPS) is 11.8. The smallest absolute Gasteiger partial charge is 0.384 e. The zero-order chi connectivity index (χ0) is 25.4. The van der Waals surface area contributed by atoms with Crippen LogP contribution in [0.15, 0.2) is 79.0 Å². The van der Waals surface area contributed by atoms with Gasteiger partial charge in [-0.05, 0) is 55.2 Å². The van der Waals surface area contributed by atoms with Gasteiger partial charge in [-0.25, -0.2) is 4.98 Å². The topological polar surface area (TPSA) is 55.1 Å². The standard InChI is InChI=1S/C28H21F3N2O2/c1-4-24(34)20-11-7-9-18(15-20)19-10-8-12-21(16-19)33-17-25(27(2,3)35)32-26(33)22-13-5-6-14-23(22)28(29,30)31/h1,5-17,35H,2-3H3. The number of terminal acetylenes is 1. The van der Waals surface area contributed by atoms with Gasteiger partial charge in [0.05, 0.1) is 11.3 Å². The van der Waals surface area contributed by atoms with Crippen LogP contribution in [-0.2, 0) is 11.8 Å². The van der Waals surface area contributed by atoms with Crippen LogP contribution in [0.3, 0.4) is 0 Å². The highest BCUT2D eigenvalue weighted by molar-refractivity contribution is 6.09. The van der Waals surface area contributed by atoms with Crippen LogP contribution in [0.25, 0.3) is 28.2 Å². The Hall–Kier alpha value is -4.15. The summed E-state index contributed by atoms with van der Waals surface area (Å²) >= 11 is 0. The lowest BCUT2D eigenvalue weighted by Crippen LogP contribution is -2.15. The van der Waals surface area contributed by atoms with E-state index in [1.54, 1.807) is 36.4 Å². The Morgan fingerprint density at radius 1 is 0.971 bits per heavy atom. The Balaban J connectivity index is 1.91. The molecule has 0 saturated heterocycles. The Kier molecular flexibility index (Phi) is 6.10. The highest BCUT2D eigenvalue weighted by Gasteiger charge is 2.35. The maximum absolute atomic E-state index is 13.8. The zero-order valence-corrected chi connectivity index (χ0v) is 19.0. The summed E-state index contributed by atoms with van der Waals surface area (Å²) < 4.78 is 42.9. The van der Waals surface area contributed by atoms with Gasteiger partial charge in [-0.2, -0.15) is 13.2 Å². The van der Waals surface area contributed by atoms with Crippen molar-refractivity contribution < 1.29 is 23.1 Å². The number of rotatable bonds is 5. The van der Waals surface area contributed by atoms with E-state index < -0.39 is 23.1 Å². The Bertz CT molecular complexity index is 1450. The van der Waals surface area contributed by atoms with Crippen LogP contribution in [0.2, 0.25) is 0 Å². The van der Waals surface area contributed by atoms with Crippen molar-refractivity contribution in [3.63, 3.8) is 0 Å². The van der Waals surface area contributed by atoms with Crippen molar-refractivity contribution in [2.45, 2.75) is 25.6 Å². The van der Waals surface area contributed by atoms with E-state index in [0.29, 0.717) is 16.8 Å². The van der Waals surface area contributed by atoms with E-state index in [4.69, 9.17) is 6.42 Å². The molecule has 0 amide bonds. The minimum atomic E-state index is -4.59. The summed E-state index contributed by atoms with van der Waals surface area (Å²) in [4.78, 5) is 16.3. The van der Waals surface area contributed by atoms with Gasteiger partial charge < -0.3 is 5.11 Å². The molecule has 0 spiro atoms. The highest BCUT2D eigenvalue weighted by Crippen LogP contribution is 2.38. The lowest BCUT2D eigenvalue weighted by Gasteiger charge is -2.15. The minimum Gasteiger partial charge on any atom is -0.384 e.